The molecule has 2 N–H and O–H groups in total. The minimum absolute atomic E-state index is 0.198. The Hall–Kier alpha value is -1.55. The third kappa shape index (κ3) is 3.44. The number of anilines is 2. The van der Waals surface area contributed by atoms with E-state index in [0.29, 0.717) is 12.3 Å². The van der Waals surface area contributed by atoms with Crippen LogP contribution in [0.25, 0.3) is 0 Å². The van der Waals surface area contributed by atoms with Gasteiger partial charge in [0.1, 0.15) is 0 Å². The number of rotatable bonds is 4. The first kappa shape index (κ1) is 15.9. The van der Waals surface area contributed by atoms with Gasteiger partial charge < -0.3 is 15.1 Å². The second-order valence-electron chi connectivity index (χ2n) is 8.18. The van der Waals surface area contributed by atoms with Crippen LogP contribution >= 0.6 is 0 Å². The Morgan fingerprint density at radius 3 is 2.54 bits per heavy atom. The maximum Gasteiger partial charge on any atom is 0.224 e. The molecule has 0 spiro atoms. The standard InChI is InChI=1S/C20H29N3O/c1-22-8-10-23(11-9-22)19-6-4-18(5-7-19)21-20(24)14-17-13-15-2-3-16(17)12-15/h4-7,15-17H,2-3,8-14H2,1H3,(H,21,24)/p+1/t15-,16-,17-/m1/s1. The zero-order chi connectivity index (χ0) is 16.5. The molecule has 2 aliphatic carbocycles. The normalized spacial score (nSPS) is 29.9. The van der Waals surface area contributed by atoms with E-state index in [9.17, 15) is 4.79 Å². The molecule has 4 nitrogen and oxygen atoms in total. The van der Waals surface area contributed by atoms with E-state index in [-0.39, 0.29) is 5.91 Å². The summed E-state index contributed by atoms with van der Waals surface area (Å²) in [6.45, 7) is 4.62. The van der Waals surface area contributed by atoms with E-state index in [4.69, 9.17) is 0 Å². The summed E-state index contributed by atoms with van der Waals surface area (Å²) in [5.41, 5.74) is 2.21. The SMILES string of the molecule is C[NH+]1CCN(c2ccc(NC(=O)C[C@H]3C[C@@H]4CC[C@@H]3C4)cc2)CC1. The Kier molecular flexibility index (Phi) is 4.49. The zero-order valence-electron chi connectivity index (χ0n) is 14.8. The largest absolute Gasteiger partial charge is 0.360 e. The van der Waals surface area contributed by atoms with Crippen LogP contribution in [0, 0.1) is 17.8 Å². The number of carbonyl (C=O) groups excluding carboxylic acids is 1. The van der Waals surface area contributed by atoms with Gasteiger partial charge in [-0.3, -0.25) is 4.79 Å². The highest BCUT2D eigenvalue weighted by Crippen LogP contribution is 2.49. The van der Waals surface area contributed by atoms with Crippen LogP contribution < -0.4 is 15.1 Å². The Morgan fingerprint density at radius 2 is 1.92 bits per heavy atom. The quantitative estimate of drug-likeness (QED) is 0.884. The molecule has 1 aromatic rings. The minimum atomic E-state index is 0.198. The van der Waals surface area contributed by atoms with Crippen LogP contribution in [0.3, 0.4) is 0 Å². The van der Waals surface area contributed by atoms with Gasteiger partial charge in [-0.15, -0.1) is 0 Å². The first-order valence-electron chi connectivity index (χ1n) is 9.63. The molecule has 2 bridgehead atoms. The molecule has 0 aromatic heterocycles. The highest BCUT2D eigenvalue weighted by atomic mass is 16.1. The van der Waals surface area contributed by atoms with Crippen molar-refractivity contribution in [3.8, 4) is 0 Å². The molecule has 3 fully saturated rings. The van der Waals surface area contributed by atoms with Gasteiger partial charge in [0.2, 0.25) is 5.91 Å². The Bertz CT molecular complexity index is 577. The summed E-state index contributed by atoms with van der Waals surface area (Å²) in [4.78, 5) is 16.4. The summed E-state index contributed by atoms with van der Waals surface area (Å²) >= 11 is 0. The zero-order valence-corrected chi connectivity index (χ0v) is 14.8. The molecule has 3 atom stereocenters. The van der Waals surface area contributed by atoms with Gasteiger partial charge >= 0.3 is 0 Å². The monoisotopic (exact) mass is 328 g/mol. The second kappa shape index (κ2) is 6.75. The van der Waals surface area contributed by atoms with Crippen LogP contribution in [0.5, 0.6) is 0 Å². The van der Waals surface area contributed by atoms with Crippen LogP contribution in [-0.2, 0) is 4.79 Å². The molecule has 1 aromatic carbocycles. The van der Waals surface area contributed by atoms with Gasteiger partial charge in [0.25, 0.3) is 0 Å². The van der Waals surface area contributed by atoms with Gasteiger partial charge in [0.05, 0.1) is 33.2 Å². The van der Waals surface area contributed by atoms with Crippen molar-refractivity contribution in [2.75, 3.05) is 43.4 Å². The summed E-state index contributed by atoms with van der Waals surface area (Å²) in [7, 11) is 2.26. The van der Waals surface area contributed by atoms with Crippen molar-refractivity contribution in [3.05, 3.63) is 24.3 Å². The van der Waals surface area contributed by atoms with Crippen molar-refractivity contribution in [3.63, 3.8) is 0 Å². The lowest BCUT2D eigenvalue weighted by Crippen LogP contribution is -3.12. The number of likely N-dealkylation sites (N-methyl/N-ethyl adjacent to an activating group) is 1. The Morgan fingerprint density at radius 1 is 1.17 bits per heavy atom. The van der Waals surface area contributed by atoms with Crippen LogP contribution in [0.4, 0.5) is 11.4 Å². The molecule has 3 aliphatic rings. The first-order valence-corrected chi connectivity index (χ1v) is 9.63. The molecule has 0 radical (unpaired) electrons. The third-order valence-corrected chi connectivity index (χ3v) is 6.47. The van der Waals surface area contributed by atoms with E-state index >= 15 is 0 Å². The van der Waals surface area contributed by atoms with E-state index < -0.39 is 0 Å². The predicted molar refractivity (Wildman–Crippen MR) is 97.5 cm³/mol. The van der Waals surface area contributed by atoms with Gasteiger partial charge in [-0.25, -0.2) is 0 Å². The summed E-state index contributed by atoms with van der Waals surface area (Å²) < 4.78 is 0. The van der Waals surface area contributed by atoms with Crippen LogP contribution in [0.15, 0.2) is 24.3 Å². The fraction of sp³-hybridized carbons (Fsp3) is 0.650. The van der Waals surface area contributed by atoms with Crippen molar-refractivity contribution in [1.82, 2.24) is 0 Å². The number of hydrogen-bond acceptors (Lipinski definition) is 2. The van der Waals surface area contributed by atoms with Crippen LogP contribution in [0.1, 0.15) is 32.1 Å². The van der Waals surface area contributed by atoms with E-state index in [1.54, 1.807) is 4.90 Å². The van der Waals surface area contributed by atoms with Crippen LogP contribution in [-0.4, -0.2) is 39.1 Å². The van der Waals surface area contributed by atoms with Crippen molar-refractivity contribution >= 4 is 17.3 Å². The lowest BCUT2D eigenvalue weighted by Gasteiger charge is -2.31. The molecule has 1 amide bonds. The molecule has 1 aliphatic heterocycles. The molecule has 1 saturated heterocycles. The number of piperazine rings is 1. The average molecular weight is 328 g/mol. The summed E-state index contributed by atoms with van der Waals surface area (Å²) in [6, 6.07) is 8.40. The van der Waals surface area contributed by atoms with Crippen molar-refractivity contribution in [2.24, 2.45) is 17.8 Å². The number of hydrogen-bond donors (Lipinski definition) is 2. The summed E-state index contributed by atoms with van der Waals surface area (Å²) in [6.07, 6.45) is 6.12. The molecule has 2 saturated carbocycles. The fourth-order valence-corrected chi connectivity index (χ4v) is 4.98. The third-order valence-electron chi connectivity index (χ3n) is 6.47. The van der Waals surface area contributed by atoms with E-state index in [0.717, 1.165) is 30.6 Å². The average Bonchev–Trinajstić information content (AvgIpc) is 3.19. The molecule has 4 rings (SSSR count). The lowest BCUT2D eigenvalue weighted by atomic mass is 9.86. The predicted octanol–water partition coefficient (Wildman–Crippen LogP) is 1.79. The van der Waals surface area contributed by atoms with Gasteiger partial charge in [-0.1, -0.05) is 6.42 Å². The number of nitrogens with one attached hydrogen (secondary N) is 2. The topological polar surface area (TPSA) is 36.8 Å². The first-order chi connectivity index (χ1) is 11.7. The van der Waals surface area contributed by atoms with Crippen molar-refractivity contribution < 1.29 is 9.69 Å². The molecule has 1 heterocycles. The maximum atomic E-state index is 12.3. The summed E-state index contributed by atoms with van der Waals surface area (Å²) in [5, 5.41) is 3.10. The Labute approximate surface area is 145 Å². The highest BCUT2D eigenvalue weighted by molar-refractivity contribution is 5.91. The molecular formula is C20H30N3O+. The smallest absolute Gasteiger partial charge is 0.224 e. The maximum absolute atomic E-state index is 12.3. The van der Waals surface area contributed by atoms with Crippen molar-refractivity contribution in [1.29, 1.82) is 0 Å². The van der Waals surface area contributed by atoms with Gasteiger partial charge in [0, 0.05) is 17.8 Å². The molecule has 130 valence electrons. The molecule has 0 unspecified atom stereocenters. The number of amides is 1. The number of fused-ring (bicyclic) bond motifs is 2. The van der Waals surface area contributed by atoms with Gasteiger partial charge in [-0.2, -0.15) is 0 Å². The van der Waals surface area contributed by atoms with Gasteiger partial charge in [0.15, 0.2) is 0 Å². The summed E-state index contributed by atoms with van der Waals surface area (Å²) in [5.74, 6) is 2.57. The van der Waals surface area contributed by atoms with E-state index in [1.807, 2.05) is 0 Å². The van der Waals surface area contributed by atoms with Crippen molar-refractivity contribution in [2.45, 2.75) is 32.1 Å². The fourth-order valence-electron chi connectivity index (χ4n) is 4.98. The number of quaternary nitrogens is 1. The van der Waals surface area contributed by atoms with Gasteiger partial charge in [-0.05, 0) is 61.3 Å². The Balaban J connectivity index is 1.29. The highest BCUT2D eigenvalue weighted by Gasteiger charge is 2.40. The van der Waals surface area contributed by atoms with E-state index in [2.05, 4.69) is 41.5 Å². The molecule has 4 heteroatoms. The second-order valence-corrected chi connectivity index (χ2v) is 8.18. The minimum Gasteiger partial charge on any atom is -0.360 e. The lowest BCUT2D eigenvalue weighted by molar-refractivity contribution is -0.880. The number of nitrogens with zero attached hydrogens (tertiary/aromatic N) is 1. The van der Waals surface area contributed by atoms with E-state index in [1.165, 1.54) is 44.5 Å². The molecule has 24 heavy (non-hydrogen) atoms. The molecular weight excluding hydrogens is 298 g/mol. The number of benzene rings is 1. The van der Waals surface area contributed by atoms with Crippen LogP contribution in [0.2, 0.25) is 0 Å². The number of carbonyl (C=O) groups is 1.